The Morgan fingerprint density at radius 3 is 2.67 bits per heavy atom. The Bertz CT molecular complexity index is 653. The number of benzene rings is 1. The van der Waals surface area contributed by atoms with Crippen LogP contribution in [0.25, 0.3) is 0 Å². The topological polar surface area (TPSA) is 72.2 Å². The molecule has 1 aromatic carbocycles. The summed E-state index contributed by atoms with van der Waals surface area (Å²) in [6.07, 6.45) is 0. The fraction of sp³-hybridized carbons (Fsp3) is 0.0909. The number of halogens is 1. The van der Waals surface area contributed by atoms with E-state index in [0.717, 1.165) is 9.35 Å². The number of sulfonamides is 1. The minimum absolute atomic E-state index is 0.271. The summed E-state index contributed by atoms with van der Waals surface area (Å²) >= 11 is 4.41. The maximum atomic E-state index is 12.1. The zero-order valence-electron chi connectivity index (χ0n) is 9.26. The fourth-order valence-electron chi connectivity index (χ4n) is 1.41. The molecule has 0 spiro atoms. The van der Waals surface area contributed by atoms with Crippen LogP contribution >= 0.6 is 27.3 Å². The molecule has 0 aliphatic rings. The maximum absolute atomic E-state index is 12.1. The van der Waals surface area contributed by atoms with Gasteiger partial charge in [-0.2, -0.15) is 0 Å². The molecule has 0 atom stereocenters. The summed E-state index contributed by atoms with van der Waals surface area (Å²) in [7, 11) is -3.52. The van der Waals surface area contributed by atoms with Gasteiger partial charge in [-0.05, 0) is 45.8 Å². The third kappa shape index (κ3) is 3.11. The molecule has 4 nitrogen and oxygen atoms in total. The van der Waals surface area contributed by atoms with Crippen LogP contribution in [0.2, 0.25) is 0 Å². The van der Waals surface area contributed by atoms with Crippen molar-refractivity contribution in [2.45, 2.75) is 10.8 Å². The number of nitrogens with one attached hydrogen (secondary N) is 1. The van der Waals surface area contributed by atoms with Crippen LogP contribution in [0.4, 0.5) is 5.69 Å². The Morgan fingerprint density at radius 1 is 1.28 bits per heavy atom. The van der Waals surface area contributed by atoms with Gasteiger partial charge in [-0.25, -0.2) is 8.42 Å². The average molecular weight is 347 g/mol. The van der Waals surface area contributed by atoms with Gasteiger partial charge in [-0.15, -0.1) is 11.3 Å². The van der Waals surface area contributed by atoms with Gasteiger partial charge in [0.05, 0.1) is 3.79 Å². The Hall–Kier alpha value is -0.890. The molecule has 7 heteroatoms. The number of rotatable bonds is 4. The minimum Gasteiger partial charge on any atom is -0.326 e. The lowest BCUT2D eigenvalue weighted by Crippen LogP contribution is -2.11. The normalized spacial score (nSPS) is 11.4. The molecule has 1 aromatic heterocycles. The average Bonchev–Trinajstić information content (AvgIpc) is 2.76. The molecular formula is C11H11BrN2O2S2. The van der Waals surface area contributed by atoms with E-state index < -0.39 is 10.0 Å². The lowest BCUT2D eigenvalue weighted by Gasteiger charge is -2.07. The molecule has 1 heterocycles. The highest BCUT2D eigenvalue weighted by molar-refractivity contribution is 9.11. The van der Waals surface area contributed by atoms with E-state index in [2.05, 4.69) is 20.7 Å². The summed E-state index contributed by atoms with van der Waals surface area (Å²) in [5, 5.41) is 0. The number of anilines is 1. The molecule has 0 aliphatic carbocycles. The predicted octanol–water partition coefficient (Wildman–Crippen LogP) is 2.77. The third-order valence-corrected chi connectivity index (χ3v) is 5.73. The van der Waals surface area contributed by atoms with Crippen molar-refractivity contribution in [3.63, 3.8) is 0 Å². The Kier molecular flexibility index (Phi) is 4.06. The molecule has 0 unspecified atom stereocenters. The van der Waals surface area contributed by atoms with Gasteiger partial charge < -0.3 is 5.73 Å². The largest absolute Gasteiger partial charge is 0.326 e. The van der Waals surface area contributed by atoms with Crippen LogP contribution in [-0.4, -0.2) is 8.42 Å². The van der Waals surface area contributed by atoms with Crippen molar-refractivity contribution in [1.82, 2.24) is 0 Å². The molecule has 0 radical (unpaired) electrons. The highest BCUT2D eigenvalue weighted by atomic mass is 79.9. The van der Waals surface area contributed by atoms with Crippen molar-refractivity contribution in [2.75, 3.05) is 4.72 Å². The first-order valence-electron chi connectivity index (χ1n) is 5.08. The molecule has 2 rings (SSSR count). The van der Waals surface area contributed by atoms with Crippen molar-refractivity contribution in [1.29, 1.82) is 0 Å². The first-order chi connectivity index (χ1) is 8.51. The van der Waals surface area contributed by atoms with Gasteiger partial charge in [0.2, 0.25) is 0 Å². The molecule has 0 bridgehead atoms. The van der Waals surface area contributed by atoms with Gasteiger partial charge in [0, 0.05) is 12.2 Å². The zero-order chi connectivity index (χ0) is 13.2. The molecular weight excluding hydrogens is 336 g/mol. The van der Waals surface area contributed by atoms with Gasteiger partial charge in [0.25, 0.3) is 10.0 Å². The van der Waals surface area contributed by atoms with Crippen molar-refractivity contribution in [3.8, 4) is 0 Å². The fourth-order valence-corrected chi connectivity index (χ4v) is 4.47. The molecule has 0 aliphatic heterocycles. The van der Waals surface area contributed by atoms with Crippen LogP contribution < -0.4 is 10.5 Å². The minimum atomic E-state index is -3.52. The first-order valence-corrected chi connectivity index (χ1v) is 8.18. The Labute approximate surface area is 118 Å². The summed E-state index contributed by atoms with van der Waals surface area (Å²) in [4.78, 5) is 0. The molecule has 0 fully saturated rings. The molecule has 96 valence electrons. The van der Waals surface area contributed by atoms with Crippen LogP contribution in [0.5, 0.6) is 0 Å². The molecule has 3 N–H and O–H groups in total. The van der Waals surface area contributed by atoms with Gasteiger partial charge in [-0.1, -0.05) is 12.1 Å². The van der Waals surface area contributed by atoms with E-state index in [9.17, 15) is 8.42 Å². The lowest BCUT2D eigenvalue weighted by molar-refractivity contribution is 0.603. The van der Waals surface area contributed by atoms with E-state index in [1.54, 1.807) is 30.3 Å². The summed E-state index contributed by atoms with van der Waals surface area (Å²) < 4.78 is 27.7. The highest BCUT2D eigenvalue weighted by Crippen LogP contribution is 2.27. The Balaban J connectivity index is 2.27. The quantitative estimate of drug-likeness (QED) is 0.893. The summed E-state index contributed by atoms with van der Waals surface area (Å²) in [5.41, 5.74) is 6.91. The van der Waals surface area contributed by atoms with Crippen molar-refractivity contribution >= 4 is 43.0 Å². The smallest absolute Gasteiger partial charge is 0.271 e. The SMILES string of the molecule is NCc1cccc(NS(=O)(=O)c2ccc(Br)s2)c1. The van der Waals surface area contributed by atoms with Crippen LogP contribution in [0.1, 0.15) is 5.56 Å². The second-order valence-electron chi connectivity index (χ2n) is 3.57. The summed E-state index contributed by atoms with van der Waals surface area (Å²) in [6, 6.07) is 10.3. The highest BCUT2D eigenvalue weighted by Gasteiger charge is 2.16. The second kappa shape index (κ2) is 5.40. The van der Waals surface area contributed by atoms with E-state index >= 15 is 0 Å². The van der Waals surface area contributed by atoms with Gasteiger partial charge in [-0.3, -0.25) is 4.72 Å². The van der Waals surface area contributed by atoms with Crippen LogP contribution in [-0.2, 0) is 16.6 Å². The van der Waals surface area contributed by atoms with Crippen molar-refractivity contribution in [3.05, 3.63) is 45.7 Å². The standard InChI is InChI=1S/C11H11BrN2O2S2/c12-10-4-5-11(17-10)18(15,16)14-9-3-1-2-8(6-9)7-13/h1-6,14H,7,13H2. The van der Waals surface area contributed by atoms with E-state index in [-0.39, 0.29) is 4.21 Å². The summed E-state index contributed by atoms with van der Waals surface area (Å²) in [5.74, 6) is 0. The van der Waals surface area contributed by atoms with Crippen molar-refractivity contribution in [2.24, 2.45) is 5.73 Å². The molecule has 0 amide bonds. The monoisotopic (exact) mass is 346 g/mol. The van der Waals surface area contributed by atoms with Crippen LogP contribution in [0, 0.1) is 0 Å². The number of thiophene rings is 1. The van der Waals surface area contributed by atoms with Gasteiger partial charge >= 0.3 is 0 Å². The molecule has 0 saturated carbocycles. The van der Waals surface area contributed by atoms with Crippen LogP contribution in [0.15, 0.2) is 44.4 Å². The molecule has 0 saturated heterocycles. The Morgan fingerprint density at radius 2 is 2.06 bits per heavy atom. The second-order valence-corrected chi connectivity index (χ2v) is 7.94. The number of hydrogen-bond acceptors (Lipinski definition) is 4. The van der Waals surface area contributed by atoms with Gasteiger partial charge in [0.15, 0.2) is 0 Å². The van der Waals surface area contributed by atoms with E-state index in [4.69, 9.17) is 5.73 Å². The molecule has 18 heavy (non-hydrogen) atoms. The van der Waals surface area contributed by atoms with Gasteiger partial charge in [0.1, 0.15) is 4.21 Å². The van der Waals surface area contributed by atoms with E-state index in [1.807, 2.05) is 6.07 Å². The zero-order valence-corrected chi connectivity index (χ0v) is 12.5. The third-order valence-electron chi connectivity index (χ3n) is 2.23. The summed E-state index contributed by atoms with van der Waals surface area (Å²) in [6.45, 7) is 0.375. The molecule has 2 aromatic rings. The van der Waals surface area contributed by atoms with Crippen LogP contribution in [0.3, 0.4) is 0 Å². The van der Waals surface area contributed by atoms with Crippen molar-refractivity contribution < 1.29 is 8.42 Å². The first kappa shape index (κ1) is 13.5. The van der Waals surface area contributed by atoms with E-state index in [0.29, 0.717) is 12.2 Å². The number of hydrogen-bond donors (Lipinski definition) is 2. The number of nitrogens with two attached hydrogens (primary N) is 1. The lowest BCUT2D eigenvalue weighted by atomic mass is 10.2. The maximum Gasteiger partial charge on any atom is 0.271 e. The van der Waals surface area contributed by atoms with E-state index in [1.165, 1.54) is 11.3 Å². The predicted molar refractivity (Wildman–Crippen MR) is 77.2 cm³/mol.